The minimum atomic E-state index is -0.418. The van der Waals surface area contributed by atoms with E-state index in [1.807, 2.05) is 19.2 Å². The van der Waals surface area contributed by atoms with Crippen molar-refractivity contribution in [3.05, 3.63) is 54.1 Å². The summed E-state index contributed by atoms with van der Waals surface area (Å²) in [5.41, 5.74) is 2.39. The first-order chi connectivity index (χ1) is 14.5. The Balaban J connectivity index is 1.42. The van der Waals surface area contributed by atoms with Crippen LogP contribution in [0.1, 0.15) is 37.4 Å². The molecule has 1 aromatic carbocycles. The van der Waals surface area contributed by atoms with Gasteiger partial charge in [0.25, 0.3) is 0 Å². The minimum Gasteiger partial charge on any atom is -0.508 e. The van der Waals surface area contributed by atoms with Crippen LogP contribution in [0.2, 0.25) is 0 Å². The van der Waals surface area contributed by atoms with Gasteiger partial charge in [0, 0.05) is 5.56 Å². The fourth-order valence-corrected chi connectivity index (χ4v) is 3.64. The number of anilines is 1. The van der Waals surface area contributed by atoms with Crippen LogP contribution in [0, 0.1) is 5.82 Å². The number of hydrogen-bond donors (Lipinski definition) is 3. The maximum atomic E-state index is 13.6. The number of aliphatic hydroxyl groups excluding tert-OH is 1. The molecule has 1 fully saturated rings. The van der Waals surface area contributed by atoms with Crippen molar-refractivity contribution in [2.75, 3.05) is 5.32 Å². The standard InChI is InChI=1S/C20H20FN7O2/c1-11(15-6-12(21)2-3-18(15)30)23-19-4-5-20-22-9-17(28(20)25-19)16-10-27(26-24-16)13-7-14(29)8-13/h2-6,9-11,13-14,29-30H,7-8H2,1H3,(H,23,25)/t11-,13?,14?/m1/s1. The Labute approximate surface area is 170 Å². The van der Waals surface area contributed by atoms with E-state index in [9.17, 15) is 14.6 Å². The molecule has 9 nitrogen and oxygen atoms in total. The Kier molecular flexibility index (Phi) is 4.35. The van der Waals surface area contributed by atoms with Gasteiger partial charge < -0.3 is 15.5 Å². The second kappa shape index (κ2) is 7.06. The number of phenolic OH excluding ortho intramolecular Hbond substituents is 1. The van der Waals surface area contributed by atoms with Crippen molar-refractivity contribution in [1.82, 2.24) is 29.6 Å². The number of aromatic hydroxyl groups is 1. The van der Waals surface area contributed by atoms with Gasteiger partial charge in [-0.3, -0.25) is 0 Å². The molecule has 0 amide bonds. The molecule has 0 aliphatic heterocycles. The number of phenols is 1. The van der Waals surface area contributed by atoms with Crippen LogP contribution in [0.25, 0.3) is 17.0 Å². The molecule has 1 aliphatic rings. The number of hydrogen-bond acceptors (Lipinski definition) is 7. The van der Waals surface area contributed by atoms with Crippen LogP contribution in [0.4, 0.5) is 10.2 Å². The van der Waals surface area contributed by atoms with Gasteiger partial charge in [-0.15, -0.1) is 10.2 Å². The predicted octanol–water partition coefficient (Wildman–Crippen LogP) is 2.70. The quantitative estimate of drug-likeness (QED) is 0.464. The summed E-state index contributed by atoms with van der Waals surface area (Å²) in [6.45, 7) is 1.81. The molecule has 1 saturated carbocycles. The Morgan fingerprint density at radius 2 is 2.07 bits per heavy atom. The minimum absolute atomic E-state index is 0.0125. The van der Waals surface area contributed by atoms with Crippen LogP contribution >= 0.6 is 0 Å². The van der Waals surface area contributed by atoms with Crippen molar-refractivity contribution < 1.29 is 14.6 Å². The summed E-state index contributed by atoms with van der Waals surface area (Å²) < 4.78 is 17.0. The van der Waals surface area contributed by atoms with Gasteiger partial charge >= 0.3 is 0 Å². The summed E-state index contributed by atoms with van der Waals surface area (Å²) in [7, 11) is 0. The number of rotatable bonds is 5. The van der Waals surface area contributed by atoms with Crippen LogP contribution in [0.5, 0.6) is 5.75 Å². The van der Waals surface area contributed by atoms with E-state index < -0.39 is 5.82 Å². The van der Waals surface area contributed by atoms with Gasteiger partial charge in [0.15, 0.2) is 5.65 Å². The average molecular weight is 409 g/mol. The first-order valence-corrected chi connectivity index (χ1v) is 9.68. The lowest BCUT2D eigenvalue weighted by Crippen LogP contribution is -2.31. The Morgan fingerprint density at radius 3 is 2.87 bits per heavy atom. The predicted molar refractivity (Wildman–Crippen MR) is 106 cm³/mol. The molecular weight excluding hydrogens is 389 g/mol. The SMILES string of the molecule is C[C@@H](Nc1ccc2ncc(-c3cn(C4CC(O)C4)nn3)n2n1)c1cc(F)ccc1O. The smallest absolute Gasteiger partial charge is 0.154 e. The van der Waals surface area contributed by atoms with Gasteiger partial charge in [0.05, 0.1) is 30.6 Å². The van der Waals surface area contributed by atoms with Gasteiger partial charge in [0.2, 0.25) is 0 Å². The number of imidazole rings is 1. The largest absolute Gasteiger partial charge is 0.508 e. The number of nitrogens with one attached hydrogen (secondary N) is 1. The van der Waals surface area contributed by atoms with Gasteiger partial charge in [-0.1, -0.05) is 5.21 Å². The third-order valence-corrected chi connectivity index (χ3v) is 5.42. The van der Waals surface area contributed by atoms with E-state index in [4.69, 9.17) is 0 Å². The van der Waals surface area contributed by atoms with E-state index >= 15 is 0 Å². The number of aliphatic hydroxyl groups is 1. The molecule has 3 aromatic heterocycles. The zero-order valence-electron chi connectivity index (χ0n) is 16.1. The maximum absolute atomic E-state index is 13.6. The van der Waals surface area contributed by atoms with E-state index in [1.54, 1.807) is 21.5 Å². The zero-order valence-corrected chi connectivity index (χ0v) is 16.1. The van der Waals surface area contributed by atoms with Crippen LogP contribution in [0.3, 0.4) is 0 Å². The molecule has 5 rings (SSSR count). The molecule has 0 saturated heterocycles. The summed E-state index contributed by atoms with van der Waals surface area (Å²) in [6.07, 6.45) is 4.58. The highest BCUT2D eigenvalue weighted by atomic mass is 19.1. The van der Waals surface area contributed by atoms with Crippen molar-refractivity contribution >= 4 is 11.5 Å². The maximum Gasteiger partial charge on any atom is 0.154 e. The molecule has 0 radical (unpaired) electrons. The average Bonchev–Trinajstić information content (AvgIpc) is 3.33. The van der Waals surface area contributed by atoms with Crippen LogP contribution in [-0.4, -0.2) is 45.9 Å². The Morgan fingerprint density at radius 1 is 1.23 bits per heavy atom. The zero-order chi connectivity index (χ0) is 20.8. The number of fused-ring (bicyclic) bond motifs is 1. The van der Waals surface area contributed by atoms with Gasteiger partial charge in [-0.25, -0.2) is 18.6 Å². The molecule has 4 aromatic rings. The fraction of sp³-hybridized carbons (Fsp3) is 0.300. The highest BCUT2D eigenvalue weighted by Gasteiger charge is 2.30. The third kappa shape index (κ3) is 3.24. The Hall–Kier alpha value is -3.53. The normalized spacial score (nSPS) is 19.6. The van der Waals surface area contributed by atoms with E-state index in [-0.39, 0.29) is 23.9 Å². The van der Waals surface area contributed by atoms with Crippen LogP contribution < -0.4 is 5.32 Å². The fourth-order valence-electron chi connectivity index (χ4n) is 3.64. The first kappa shape index (κ1) is 18.5. The second-order valence-corrected chi connectivity index (χ2v) is 7.56. The molecular formula is C20H20FN7O2. The molecule has 3 N–H and O–H groups in total. The summed E-state index contributed by atoms with van der Waals surface area (Å²) in [5.74, 6) is 0.129. The van der Waals surface area contributed by atoms with Crippen molar-refractivity contribution in [3.63, 3.8) is 0 Å². The second-order valence-electron chi connectivity index (χ2n) is 7.56. The van der Waals surface area contributed by atoms with Crippen molar-refractivity contribution in [2.24, 2.45) is 0 Å². The number of benzene rings is 1. The van der Waals surface area contributed by atoms with E-state index in [0.717, 1.165) is 0 Å². The topological polar surface area (TPSA) is 113 Å². The molecule has 0 bridgehead atoms. The molecule has 0 spiro atoms. The molecule has 30 heavy (non-hydrogen) atoms. The van der Waals surface area contributed by atoms with Gasteiger partial charge in [-0.2, -0.15) is 0 Å². The summed E-state index contributed by atoms with van der Waals surface area (Å²) >= 11 is 0. The van der Waals surface area contributed by atoms with E-state index in [0.29, 0.717) is 41.3 Å². The molecule has 0 unspecified atom stereocenters. The molecule has 10 heteroatoms. The van der Waals surface area contributed by atoms with E-state index in [2.05, 4.69) is 25.7 Å². The summed E-state index contributed by atoms with van der Waals surface area (Å²) in [6, 6.07) is 7.20. The monoisotopic (exact) mass is 409 g/mol. The number of aromatic nitrogens is 6. The van der Waals surface area contributed by atoms with Crippen molar-refractivity contribution in [2.45, 2.75) is 38.0 Å². The van der Waals surface area contributed by atoms with E-state index in [1.165, 1.54) is 18.2 Å². The highest BCUT2D eigenvalue weighted by molar-refractivity contribution is 5.59. The Bertz CT molecular complexity index is 1220. The first-order valence-electron chi connectivity index (χ1n) is 9.68. The number of nitrogens with zero attached hydrogens (tertiary/aromatic N) is 6. The lowest BCUT2D eigenvalue weighted by Gasteiger charge is -2.30. The molecule has 1 aliphatic carbocycles. The van der Waals surface area contributed by atoms with Crippen LogP contribution in [0.15, 0.2) is 42.7 Å². The molecule has 1 atom stereocenters. The van der Waals surface area contributed by atoms with Crippen molar-refractivity contribution in [1.29, 1.82) is 0 Å². The summed E-state index contributed by atoms with van der Waals surface area (Å²) in [5, 5.41) is 35.7. The summed E-state index contributed by atoms with van der Waals surface area (Å²) in [4.78, 5) is 4.37. The number of halogens is 1. The highest BCUT2D eigenvalue weighted by Crippen LogP contribution is 2.32. The van der Waals surface area contributed by atoms with Crippen LogP contribution in [-0.2, 0) is 0 Å². The molecule has 154 valence electrons. The van der Waals surface area contributed by atoms with Gasteiger partial charge in [-0.05, 0) is 50.1 Å². The lowest BCUT2D eigenvalue weighted by molar-refractivity contribution is 0.0426. The molecule has 3 heterocycles. The van der Waals surface area contributed by atoms with Crippen molar-refractivity contribution in [3.8, 4) is 17.1 Å². The van der Waals surface area contributed by atoms with Gasteiger partial charge in [0.1, 0.15) is 28.8 Å². The lowest BCUT2D eigenvalue weighted by atomic mass is 9.90. The third-order valence-electron chi connectivity index (χ3n) is 5.42.